The third kappa shape index (κ3) is 5.10. The van der Waals surface area contributed by atoms with Crippen LogP contribution in [0.1, 0.15) is 17.3 Å². The largest absolute Gasteiger partial charge is 0.492 e. The lowest BCUT2D eigenvalue weighted by Crippen LogP contribution is -2.34. The van der Waals surface area contributed by atoms with Crippen molar-refractivity contribution in [2.24, 2.45) is 0 Å². The van der Waals surface area contributed by atoms with Gasteiger partial charge in [-0.15, -0.1) is 11.3 Å². The lowest BCUT2D eigenvalue weighted by atomic mass is 10.2. The second kappa shape index (κ2) is 9.95. The van der Waals surface area contributed by atoms with Crippen LogP contribution >= 0.6 is 51.1 Å². The molecular weight excluding hydrogens is 530 g/mol. The van der Waals surface area contributed by atoms with Crippen LogP contribution in [0.5, 0.6) is 5.75 Å². The standard InChI is InChI=1S/C23H17BrClN3O2S2/c1-2-30-19-10-7-13(11-16(19)25)21(29)28-23(31)27-17-9-8-14(24)12-15(17)22-26-18-5-3-4-6-20(18)32-22/h3-12H,2H2,1H3,(H2,27,28,29,31). The zero-order chi connectivity index (χ0) is 22.7. The number of hydrogen-bond donors (Lipinski definition) is 2. The van der Waals surface area contributed by atoms with E-state index in [1.165, 1.54) is 0 Å². The molecule has 9 heteroatoms. The van der Waals surface area contributed by atoms with E-state index in [1.54, 1.807) is 29.5 Å². The molecule has 162 valence electrons. The van der Waals surface area contributed by atoms with Crippen molar-refractivity contribution in [2.75, 3.05) is 11.9 Å². The molecule has 0 saturated carbocycles. The molecule has 5 nitrogen and oxygen atoms in total. The first-order valence-electron chi connectivity index (χ1n) is 9.64. The number of nitrogens with zero attached hydrogens (tertiary/aromatic N) is 1. The quantitative estimate of drug-likeness (QED) is 0.267. The highest BCUT2D eigenvalue weighted by atomic mass is 79.9. The number of carbonyl (C=O) groups excluding carboxylic acids is 1. The zero-order valence-corrected chi connectivity index (χ0v) is 20.8. The number of carbonyl (C=O) groups is 1. The summed E-state index contributed by atoms with van der Waals surface area (Å²) >= 11 is 16.7. The summed E-state index contributed by atoms with van der Waals surface area (Å²) in [7, 11) is 0. The van der Waals surface area contributed by atoms with Gasteiger partial charge in [0.05, 0.1) is 27.5 Å². The maximum absolute atomic E-state index is 12.6. The number of nitrogens with one attached hydrogen (secondary N) is 2. The van der Waals surface area contributed by atoms with E-state index in [1.807, 2.05) is 49.4 Å². The molecule has 0 unspecified atom stereocenters. The number of para-hydroxylation sites is 1. The summed E-state index contributed by atoms with van der Waals surface area (Å²) in [4.78, 5) is 17.4. The Bertz CT molecular complexity index is 1290. The third-order valence-corrected chi connectivity index (χ3v) is 6.54. The van der Waals surface area contributed by atoms with Crippen LogP contribution in [0, 0.1) is 0 Å². The molecule has 1 heterocycles. The second-order valence-corrected chi connectivity index (χ2v) is 9.42. The van der Waals surface area contributed by atoms with Gasteiger partial charge in [0, 0.05) is 15.6 Å². The molecule has 0 aliphatic carbocycles. The number of benzene rings is 3. The Labute approximate surface area is 207 Å². The smallest absolute Gasteiger partial charge is 0.257 e. The van der Waals surface area contributed by atoms with E-state index in [2.05, 4.69) is 26.6 Å². The summed E-state index contributed by atoms with van der Waals surface area (Å²) in [5.74, 6) is 0.160. The Kier molecular flexibility index (Phi) is 7.05. The van der Waals surface area contributed by atoms with Crippen LogP contribution in [0.4, 0.5) is 5.69 Å². The molecule has 0 spiro atoms. The molecular formula is C23H17BrClN3O2S2. The average molecular weight is 547 g/mol. The van der Waals surface area contributed by atoms with Gasteiger partial charge in [-0.25, -0.2) is 4.98 Å². The van der Waals surface area contributed by atoms with Crippen LogP contribution in [0.25, 0.3) is 20.8 Å². The number of fused-ring (bicyclic) bond motifs is 1. The fourth-order valence-electron chi connectivity index (χ4n) is 3.03. The fourth-order valence-corrected chi connectivity index (χ4v) is 4.83. The first-order chi connectivity index (χ1) is 15.4. The molecule has 0 atom stereocenters. The highest BCUT2D eigenvalue weighted by Crippen LogP contribution is 2.36. The summed E-state index contributed by atoms with van der Waals surface area (Å²) in [6, 6.07) is 18.6. The van der Waals surface area contributed by atoms with Crippen molar-refractivity contribution < 1.29 is 9.53 Å². The Morgan fingerprint density at radius 2 is 2.00 bits per heavy atom. The molecule has 4 rings (SSSR count). The molecule has 4 aromatic rings. The van der Waals surface area contributed by atoms with Crippen LogP contribution in [-0.2, 0) is 0 Å². The Hall–Kier alpha value is -2.52. The molecule has 0 fully saturated rings. The van der Waals surface area contributed by atoms with E-state index in [-0.39, 0.29) is 11.0 Å². The molecule has 3 aromatic carbocycles. The summed E-state index contributed by atoms with van der Waals surface area (Å²) in [6.07, 6.45) is 0. The van der Waals surface area contributed by atoms with Gasteiger partial charge in [-0.2, -0.15) is 0 Å². The number of anilines is 1. The van der Waals surface area contributed by atoms with E-state index >= 15 is 0 Å². The van der Waals surface area contributed by atoms with Crippen molar-refractivity contribution in [3.63, 3.8) is 0 Å². The molecule has 32 heavy (non-hydrogen) atoms. The molecule has 0 aliphatic rings. The normalized spacial score (nSPS) is 10.7. The van der Waals surface area contributed by atoms with Gasteiger partial charge < -0.3 is 10.1 Å². The molecule has 0 radical (unpaired) electrons. The van der Waals surface area contributed by atoms with Gasteiger partial charge in [0.2, 0.25) is 0 Å². The lowest BCUT2D eigenvalue weighted by Gasteiger charge is -2.13. The number of amides is 1. The summed E-state index contributed by atoms with van der Waals surface area (Å²) in [6.45, 7) is 2.36. The van der Waals surface area contributed by atoms with E-state index < -0.39 is 0 Å². The highest BCUT2D eigenvalue weighted by Gasteiger charge is 2.15. The van der Waals surface area contributed by atoms with E-state index in [9.17, 15) is 4.79 Å². The number of thiazole rings is 1. The average Bonchev–Trinajstić information content (AvgIpc) is 3.20. The van der Waals surface area contributed by atoms with Gasteiger partial charge in [0.25, 0.3) is 5.91 Å². The minimum absolute atomic E-state index is 0.171. The minimum Gasteiger partial charge on any atom is -0.492 e. The van der Waals surface area contributed by atoms with Crippen molar-refractivity contribution in [1.29, 1.82) is 0 Å². The van der Waals surface area contributed by atoms with Gasteiger partial charge in [-0.3, -0.25) is 10.1 Å². The second-order valence-electron chi connectivity index (χ2n) is 6.66. The Morgan fingerprint density at radius 1 is 1.19 bits per heavy atom. The van der Waals surface area contributed by atoms with Crippen LogP contribution < -0.4 is 15.4 Å². The molecule has 0 aliphatic heterocycles. The molecule has 0 saturated heterocycles. The Balaban J connectivity index is 1.53. The summed E-state index contributed by atoms with van der Waals surface area (Å²) < 4.78 is 7.41. The minimum atomic E-state index is -0.369. The molecule has 2 N–H and O–H groups in total. The Morgan fingerprint density at radius 3 is 2.75 bits per heavy atom. The van der Waals surface area contributed by atoms with Crippen molar-refractivity contribution >= 4 is 78.0 Å². The van der Waals surface area contributed by atoms with E-state index in [0.717, 1.165) is 30.9 Å². The highest BCUT2D eigenvalue weighted by molar-refractivity contribution is 9.10. The molecule has 1 amide bonds. The van der Waals surface area contributed by atoms with Crippen molar-refractivity contribution in [3.8, 4) is 16.3 Å². The first-order valence-corrected chi connectivity index (χ1v) is 12.0. The summed E-state index contributed by atoms with van der Waals surface area (Å²) in [5, 5.41) is 7.20. The monoisotopic (exact) mass is 545 g/mol. The maximum atomic E-state index is 12.6. The van der Waals surface area contributed by atoms with Gasteiger partial charge in [0.1, 0.15) is 10.8 Å². The topological polar surface area (TPSA) is 63.2 Å². The van der Waals surface area contributed by atoms with Gasteiger partial charge in [-0.05, 0) is 67.7 Å². The van der Waals surface area contributed by atoms with Crippen LogP contribution in [0.15, 0.2) is 65.1 Å². The zero-order valence-electron chi connectivity index (χ0n) is 16.8. The van der Waals surface area contributed by atoms with Gasteiger partial charge >= 0.3 is 0 Å². The third-order valence-electron chi connectivity index (χ3n) is 4.48. The van der Waals surface area contributed by atoms with Crippen molar-refractivity contribution in [2.45, 2.75) is 6.92 Å². The van der Waals surface area contributed by atoms with Crippen molar-refractivity contribution in [1.82, 2.24) is 10.3 Å². The first kappa shape index (κ1) is 22.7. The predicted octanol–water partition coefficient (Wildman–Crippen LogP) is 6.90. The fraction of sp³-hybridized carbons (Fsp3) is 0.0870. The number of aromatic nitrogens is 1. The number of hydrogen-bond acceptors (Lipinski definition) is 5. The molecule has 0 bridgehead atoms. The van der Waals surface area contributed by atoms with Crippen LogP contribution in [-0.4, -0.2) is 22.6 Å². The maximum Gasteiger partial charge on any atom is 0.257 e. The van der Waals surface area contributed by atoms with Crippen LogP contribution in [0.2, 0.25) is 5.02 Å². The number of thiocarbonyl (C=S) groups is 1. The van der Waals surface area contributed by atoms with Gasteiger partial charge in [0.15, 0.2) is 5.11 Å². The van der Waals surface area contributed by atoms with Crippen LogP contribution in [0.3, 0.4) is 0 Å². The predicted molar refractivity (Wildman–Crippen MR) is 139 cm³/mol. The van der Waals surface area contributed by atoms with Gasteiger partial charge in [-0.1, -0.05) is 39.7 Å². The lowest BCUT2D eigenvalue weighted by molar-refractivity contribution is 0.0977. The SMILES string of the molecule is CCOc1ccc(C(=O)NC(=S)Nc2ccc(Br)cc2-c2nc3ccccc3s2)cc1Cl. The number of ether oxygens (including phenoxy) is 1. The summed E-state index contributed by atoms with van der Waals surface area (Å²) in [5.41, 5.74) is 2.93. The number of halogens is 2. The number of rotatable bonds is 5. The van der Waals surface area contributed by atoms with Crippen molar-refractivity contribution in [3.05, 3.63) is 75.7 Å². The van der Waals surface area contributed by atoms with E-state index in [4.69, 9.17) is 33.5 Å². The molecule has 1 aromatic heterocycles. The van der Waals surface area contributed by atoms with E-state index in [0.29, 0.717) is 22.9 Å².